The second kappa shape index (κ2) is 11.4. The summed E-state index contributed by atoms with van der Waals surface area (Å²) in [5.74, 6) is -0.636. The number of rotatable bonds is 8. The molecule has 1 amide bonds. The van der Waals surface area contributed by atoms with Gasteiger partial charge in [0.15, 0.2) is 0 Å². The normalized spacial score (nSPS) is 12.9. The number of hydrogen-bond donors (Lipinski definition) is 3. The molecule has 1 atom stereocenters. The van der Waals surface area contributed by atoms with Gasteiger partial charge in [0.05, 0.1) is 11.4 Å². The lowest BCUT2D eigenvalue weighted by Gasteiger charge is -2.26. The highest BCUT2D eigenvalue weighted by atomic mass is 35.5. The fourth-order valence-corrected chi connectivity index (χ4v) is 4.11. The van der Waals surface area contributed by atoms with E-state index in [1.807, 2.05) is 6.92 Å². The number of benzene rings is 2. The summed E-state index contributed by atoms with van der Waals surface area (Å²) < 4.78 is 40.9. The summed E-state index contributed by atoms with van der Waals surface area (Å²) in [6.45, 7) is 12.1. The Morgan fingerprint density at radius 1 is 0.889 bits per heavy atom. The molecule has 9 nitrogen and oxygen atoms in total. The van der Waals surface area contributed by atoms with E-state index in [1.165, 1.54) is 12.1 Å². The highest BCUT2D eigenvalue weighted by Gasteiger charge is 2.29. The van der Waals surface area contributed by atoms with Crippen molar-refractivity contribution >= 4 is 45.2 Å². The van der Waals surface area contributed by atoms with Crippen molar-refractivity contribution in [2.24, 2.45) is 0 Å². The number of hydrogen-bond acceptors (Lipinski definition) is 6. The Labute approximate surface area is 218 Å². The molecule has 0 saturated heterocycles. The molecule has 2 aromatic carbocycles. The third kappa shape index (κ3) is 10.3. The molecule has 0 fully saturated rings. The minimum atomic E-state index is -3.96. The highest BCUT2D eigenvalue weighted by Crippen LogP contribution is 2.21. The van der Waals surface area contributed by atoms with Crippen LogP contribution in [0.5, 0.6) is 0 Å². The molecule has 198 valence electrons. The maximum atomic E-state index is 12.9. The molecule has 0 unspecified atom stereocenters. The van der Waals surface area contributed by atoms with Crippen LogP contribution in [-0.4, -0.2) is 37.7 Å². The van der Waals surface area contributed by atoms with Crippen LogP contribution in [0.2, 0.25) is 5.02 Å². The first-order valence-corrected chi connectivity index (χ1v) is 13.2. The second-order valence-corrected chi connectivity index (χ2v) is 12.1. The Morgan fingerprint density at radius 2 is 1.42 bits per heavy atom. The van der Waals surface area contributed by atoms with Gasteiger partial charge in [0.2, 0.25) is 0 Å². The third-order valence-corrected chi connectivity index (χ3v) is 5.76. The average molecular weight is 540 g/mol. The lowest BCUT2D eigenvalue weighted by atomic mass is 10.00. The van der Waals surface area contributed by atoms with E-state index >= 15 is 0 Å². The summed E-state index contributed by atoms with van der Waals surface area (Å²) >= 11 is 5.85. The zero-order chi connectivity index (χ0) is 27.3. The molecule has 36 heavy (non-hydrogen) atoms. The van der Waals surface area contributed by atoms with E-state index in [-0.39, 0.29) is 12.1 Å². The maximum absolute atomic E-state index is 12.9. The molecule has 0 aliphatic heterocycles. The largest absolute Gasteiger partial charge is 0.458 e. The first-order valence-electron chi connectivity index (χ1n) is 11.3. The van der Waals surface area contributed by atoms with Gasteiger partial charge in [-0.25, -0.2) is 9.59 Å². The van der Waals surface area contributed by atoms with Crippen LogP contribution in [-0.2, 0) is 30.9 Å². The SMILES string of the molecule is Cc1ccc(NS(=O)(=O)Nc2ccc(Cl)cc2)cc1C[C@H](NC(=O)OC(C)(C)C)C(=O)OC(C)(C)C. The van der Waals surface area contributed by atoms with Crippen LogP contribution < -0.4 is 14.8 Å². The van der Waals surface area contributed by atoms with E-state index in [9.17, 15) is 18.0 Å². The minimum Gasteiger partial charge on any atom is -0.458 e. The van der Waals surface area contributed by atoms with Crippen molar-refractivity contribution in [3.05, 3.63) is 58.6 Å². The van der Waals surface area contributed by atoms with Gasteiger partial charge in [-0.3, -0.25) is 9.44 Å². The van der Waals surface area contributed by atoms with E-state index < -0.39 is 39.5 Å². The Bertz CT molecular complexity index is 1190. The van der Waals surface area contributed by atoms with Gasteiger partial charge in [-0.15, -0.1) is 0 Å². The Hall–Kier alpha value is -2.98. The third-order valence-electron chi connectivity index (χ3n) is 4.50. The van der Waals surface area contributed by atoms with Gasteiger partial charge in [0.25, 0.3) is 0 Å². The number of ether oxygens (including phenoxy) is 2. The van der Waals surface area contributed by atoms with Crippen LogP contribution >= 0.6 is 11.6 Å². The van der Waals surface area contributed by atoms with Crippen molar-refractivity contribution < 1.29 is 27.5 Å². The van der Waals surface area contributed by atoms with Crippen LogP contribution in [0.25, 0.3) is 0 Å². The molecule has 0 spiro atoms. The molecule has 0 aliphatic rings. The minimum absolute atomic E-state index is 0.0557. The Morgan fingerprint density at radius 3 is 1.97 bits per heavy atom. The topological polar surface area (TPSA) is 123 Å². The van der Waals surface area contributed by atoms with Crippen molar-refractivity contribution in [1.82, 2.24) is 5.32 Å². The molecule has 2 aromatic rings. The standard InChI is InChI=1S/C25H34ClN3O6S/c1-16-8-11-20(29-36(32,33)28-19-12-9-18(26)10-13-19)14-17(16)15-21(22(30)34-24(2,3)4)27-23(31)35-25(5,6)7/h8-14,21,28-29H,15H2,1-7H3,(H,27,31)/t21-/m0/s1. The van der Waals surface area contributed by atoms with Crippen LogP contribution in [0.15, 0.2) is 42.5 Å². The maximum Gasteiger partial charge on any atom is 0.408 e. The van der Waals surface area contributed by atoms with Crippen molar-refractivity contribution in [1.29, 1.82) is 0 Å². The Balaban J connectivity index is 2.25. The van der Waals surface area contributed by atoms with Gasteiger partial charge in [-0.05, 0) is 96.0 Å². The zero-order valence-electron chi connectivity index (χ0n) is 21.6. The number of carbonyl (C=O) groups excluding carboxylic acids is 2. The molecule has 0 aromatic heterocycles. The molecular weight excluding hydrogens is 506 g/mol. The summed E-state index contributed by atoms with van der Waals surface area (Å²) in [5, 5.41) is 3.06. The van der Waals surface area contributed by atoms with Crippen LogP contribution in [0.1, 0.15) is 52.7 Å². The molecule has 0 heterocycles. The summed E-state index contributed by atoms with van der Waals surface area (Å²) in [4.78, 5) is 25.3. The summed E-state index contributed by atoms with van der Waals surface area (Å²) in [7, 11) is -3.96. The van der Waals surface area contributed by atoms with E-state index in [0.29, 0.717) is 16.3 Å². The molecule has 11 heteroatoms. The predicted molar refractivity (Wildman–Crippen MR) is 142 cm³/mol. The number of carbonyl (C=O) groups is 2. The number of amides is 1. The number of anilines is 2. The second-order valence-electron chi connectivity index (χ2n) is 10.3. The molecular formula is C25H34ClN3O6S. The number of nitrogens with one attached hydrogen (secondary N) is 3. The van der Waals surface area contributed by atoms with Gasteiger partial charge in [-0.1, -0.05) is 17.7 Å². The molecule has 0 saturated carbocycles. The van der Waals surface area contributed by atoms with Gasteiger partial charge < -0.3 is 14.8 Å². The lowest BCUT2D eigenvalue weighted by Crippen LogP contribution is -2.47. The quantitative estimate of drug-likeness (QED) is 0.396. The summed E-state index contributed by atoms with van der Waals surface area (Å²) in [5.41, 5.74) is 0.512. The molecule has 0 aliphatic carbocycles. The van der Waals surface area contributed by atoms with Gasteiger partial charge >= 0.3 is 22.3 Å². The first-order chi connectivity index (χ1) is 16.4. The number of alkyl carbamates (subject to hydrolysis) is 1. The van der Waals surface area contributed by atoms with E-state index in [2.05, 4.69) is 14.8 Å². The average Bonchev–Trinajstić information content (AvgIpc) is 2.68. The van der Waals surface area contributed by atoms with E-state index in [1.54, 1.807) is 71.9 Å². The summed E-state index contributed by atoms with van der Waals surface area (Å²) in [6, 6.07) is 10.1. The van der Waals surface area contributed by atoms with Crippen molar-refractivity contribution in [2.45, 2.75) is 72.1 Å². The number of esters is 1. The smallest absolute Gasteiger partial charge is 0.408 e. The molecule has 2 rings (SSSR count). The van der Waals surface area contributed by atoms with Crippen LogP contribution in [0.3, 0.4) is 0 Å². The zero-order valence-corrected chi connectivity index (χ0v) is 23.1. The van der Waals surface area contributed by atoms with Crippen LogP contribution in [0.4, 0.5) is 16.2 Å². The van der Waals surface area contributed by atoms with Crippen molar-refractivity contribution in [3.8, 4) is 0 Å². The fourth-order valence-electron chi connectivity index (χ4n) is 3.04. The first kappa shape index (κ1) is 29.3. The van der Waals surface area contributed by atoms with Crippen molar-refractivity contribution in [3.63, 3.8) is 0 Å². The lowest BCUT2D eigenvalue weighted by molar-refractivity contribution is -0.157. The fraction of sp³-hybridized carbons (Fsp3) is 0.440. The molecule has 3 N–H and O–H groups in total. The van der Waals surface area contributed by atoms with Gasteiger partial charge in [0.1, 0.15) is 17.2 Å². The Kier molecular flexibility index (Phi) is 9.25. The van der Waals surface area contributed by atoms with Crippen molar-refractivity contribution in [2.75, 3.05) is 9.44 Å². The van der Waals surface area contributed by atoms with E-state index in [0.717, 1.165) is 5.56 Å². The van der Waals surface area contributed by atoms with E-state index in [4.69, 9.17) is 21.1 Å². The number of halogens is 1. The van der Waals surface area contributed by atoms with Gasteiger partial charge in [0, 0.05) is 11.4 Å². The van der Waals surface area contributed by atoms with Crippen LogP contribution in [0, 0.1) is 6.92 Å². The molecule has 0 bridgehead atoms. The predicted octanol–water partition coefficient (Wildman–Crippen LogP) is 5.19. The van der Waals surface area contributed by atoms with Gasteiger partial charge in [-0.2, -0.15) is 8.42 Å². The monoisotopic (exact) mass is 539 g/mol. The highest BCUT2D eigenvalue weighted by molar-refractivity contribution is 7.94. The number of aryl methyl sites for hydroxylation is 1. The molecule has 0 radical (unpaired) electrons. The summed E-state index contributed by atoms with van der Waals surface area (Å²) in [6.07, 6.45) is -0.708.